The molecular formula is C20H20F2N4O2. The van der Waals surface area contributed by atoms with Crippen LogP contribution in [0.2, 0.25) is 0 Å². The number of hydrogen-bond donors (Lipinski definition) is 3. The summed E-state index contributed by atoms with van der Waals surface area (Å²) in [7, 11) is 0. The van der Waals surface area contributed by atoms with Crippen LogP contribution in [0, 0.1) is 11.6 Å². The number of hydrogen-bond acceptors (Lipinski definition) is 4. The van der Waals surface area contributed by atoms with Gasteiger partial charge in [0.05, 0.1) is 6.04 Å². The molecule has 0 spiro atoms. The van der Waals surface area contributed by atoms with Crippen molar-refractivity contribution in [3.8, 4) is 0 Å². The number of hydrazine groups is 1. The monoisotopic (exact) mass is 386 g/mol. The van der Waals surface area contributed by atoms with Crippen LogP contribution in [0.4, 0.5) is 8.78 Å². The summed E-state index contributed by atoms with van der Waals surface area (Å²) < 4.78 is 27.3. The van der Waals surface area contributed by atoms with E-state index in [1.807, 2.05) is 0 Å². The molecule has 3 unspecified atom stereocenters. The van der Waals surface area contributed by atoms with Crippen LogP contribution in [-0.4, -0.2) is 35.8 Å². The zero-order valence-electron chi connectivity index (χ0n) is 15.0. The predicted molar refractivity (Wildman–Crippen MR) is 97.7 cm³/mol. The first-order valence-electron chi connectivity index (χ1n) is 9.14. The lowest BCUT2D eigenvalue weighted by Crippen LogP contribution is -2.56. The van der Waals surface area contributed by atoms with Crippen LogP contribution in [0.1, 0.15) is 29.6 Å². The summed E-state index contributed by atoms with van der Waals surface area (Å²) in [5, 5.41) is 2.75. The lowest BCUT2D eigenvalue weighted by atomic mass is 9.98. The van der Waals surface area contributed by atoms with E-state index in [4.69, 9.17) is 0 Å². The third-order valence-electron chi connectivity index (χ3n) is 5.16. The Morgan fingerprint density at radius 3 is 2.54 bits per heavy atom. The van der Waals surface area contributed by atoms with Crippen LogP contribution in [0.25, 0.3) is 0 Å². The molecule has 28 heavy (non-hydrogen) atoms. The number of carbonyl (C=O) groups excluding carboxylic acids is 2. The largest absolute Gasteiger partial charge is 0.352 e. The Morgan fingerprint density at radius 2 is 1.79 bits per heavy atom. The Hall–Kier alpha value is -2.84. The molecule has 0 aromatic heterocycles. The van der Waals surface area contributed by atoms with Crippen molar-refractivity contribution in [2.75, 3.05) is 13.1 Å². The molecule has 2 aliphatic heterocycles. The predicted octanol–water partition coefficient (Wildman–Crippen LogP) is 1.57. The minimum Gasteiger partial charge on any atom is -0.352 e. The van der Waals surface area contributed by atoms with Gasteiger partial charge in [0.25, 0.3) is 0 Å². The molecule has 0 radical (unpaired) electrons. The number of nitrogens with one attached hydrogen (secondary N) is 3. The second-order valence-electron chi connectivity index (χ2n) is 6.93. The van der Waals surface area contributed by atoms with Crippen molar-refractivity contribution >= 4 is 11.8 Å². The summed E-state index contributed by atoms with van der Waals surface area (Å²) >= 11 is 0. The average molecular weight is 386 g/mol. The molecule has 3 N–H and O–H groups in total. The van der Waals surface area contributed by atoms with E-state index in [1.165, 1.54) is 35.2 Å². The van der Waals surface area contributed by atoms with Crippen LogP contribution in [0.5, 0.6) is 0 Å². The number of nitrogens with zero attached hydrogens (tertiary/aromatic N) is 1. The number of carbonyl (C=O) groups is 2. The summed E-state index contributed by atoms with van der Waals surface area (Å²) in [4.78, 5) is 27.1. The van der Waals surface area contributed by atoms with Gasteiger partial charge in [-0.3, -0.25) is 9.59 Å². The molecule has 2 heterocycles. The number of amides is 2. The molecule has 2 fully saturated rings. The highest BCUT2D eigenvalue weighted by Crippen LogP contribution is 2.29. The van der Waals surface area contributed by atoms with Gasteiger partial charge in [-0.1, -0.05) is 30.3 Å². The molecular weight excluding hydrogens is 366 g/mol. The quantitative estimate of drug-likeness (QED) is 0.749. The van der Waals surface area contributed by atoms with E-state index in [1.54, 1.807) is 18.2 Å². The maximum Gasteiger partial charge on any atom is 0.247 e. The third kappa shape index (κ3) is 3.48. The topological polar surface area (TPSA) is 73.5 Å². The maximum atomic E-state index is 14.0. The van der Waals surface area contributed by atoms with E-state index in [0.717, 1.165) is 0 Å². The van der Waals surface area contributed by atoms with Gasteiger partial charge in [0.1, 0.15) is 23.7 Å². The van der Waals surface area contributed by atoms with Gasteiger partial charge in [-0.25, -0.2) is 19.6 Å². The van der Waals surface area contributed by atoms with Crippen molar-refractivity contribution in [2.45, 2.75) is 24.5 Å². The molecule has 2 aliphatic rings. The van der Waals surface area contributed by atoms with Gasteiger partial charge in [-0.2, -0.15) is 0 Å². The summed E-state index contributed by atoms with van der Waals surface area (Å²) in [6.45, 7) is 0.689. The molecule has 3 atom stereocenters. The molecule has 2 aromatic carbocycles. The standard InChI is InChI=1S/C20H20F2N4O2/c21-13-7-5-12(6-8-13)18-19(27)23-9-10-26(18)20(28)17-11-16(24-25-17)14-3-1-2-4-15(14)22/h1-8,16-18,24-25H,9-11H2,(H,23,27). The highest BCUT2D eigenvalue weighted by Gasteiger charge is 2.40. The summed E-state index contributed by atoms with van der Waals surface area (Å²) in [5.41, 5.74) is 6.92. The number of benzene rings is 2. The fourth-order valence-electron chi connectivity index (χ4n) is 3.76. The van der Waals surface area contributed by atoms with Crippen LogP contribution in [-0.2, 0) is 9.59 Å². The minimum atomic E-state index is -0.823. The second kappa shape index (κ2) is 7.65. The highest BCUT2D eigenvalue weighted by molar-refractivity contribution is 5.91. The number of rotatable bonds is 3. The minimum absolute atomic E-state index is 0.254. The van der Waals surface area contributed by atoms with Crippen LogP contribution in [0.15, 0.2) is 48.5 Å². The van der Waals surface area contributed by atoms with Crippen molar-refractivity contribution < 1.29 is 18.4 Å². The lowest BCUT2D eigenvalue weighted by molar-refractivity contribution is -0.144. The molecule has 2 amide bonds. The first-order chi connectivity index (χ1) is 13.5. The van der Waals surface area contributed by atoms with Gasteiger partial charge in [0.15, 0.2) is 0 Å². The SMILES string of the molecule is O=C1NCCN(C(=O)C2CC(c3ccccc3F)NN2)C1c1ccc(F)cc1. The fourth-order valence-corrected chi connectivity index (χ4v) is 3.76. The van der Waals surface area contributed by atoms with E-state index in [-0.39, 0.29) is 23.7 Å². The molecule has 4 rings (SSSR count). The summed E-state index contributed by atoms with van der Waals surface area (Å²) in [6, 6.07) is 10.2. The van der Waals surface area contributed by atoms with E-state index in [0.29, 0.717) is 30.6 Å². The normalized spacial score (nSPS) is 24.9. The Bertz CT molecular complexity index is 890. The fraction of sp³-hybridized carbons (Fsp3) is 0.300. The van der Waals surface area contributed by atoms with Gasteiger partial charge >= 0.3 is 0 Å². The molecule has 8 heteroatoms. The van der Waals surface area contributed by atoms with Crippen LogP contribution < -0.4 is 16.2 Å². The Morgan fingerprint density at radius 1 is 1.04 bits per heavy atom. The second-order valence-corrected chi connectivity index (χ2v) is 6.93. The van der Waals surface area contributed by atoms with E-state index >= 15 is 0 Å². The molecule has 0 aliphatic carbocycles. The molecule has 6 nitrogen and oxygen atoms in total. The molecule has 2 saturated heterocycles. The zero-order chi connectivity index (χ0) is 19.7. The molecule has 2 aromatic rings. The van der Waals surface area contributed by atoms with E-state index in [9.17, 15) is 18.4 Å². The third-order valence-corrected chi connectivity index (χ3v) is 5.16. The smallest absolute Gasteiger partial charge is 0.247 e. The first-order valence-corrected chi connectivity index (χ1v) is 9.14. The van der Waals surface area contributed by atoms with Crippen molar-refractivity contribution in [1.82, 2.24) is 21.1 Å². The average Bonchev–Trinajstić information content (AvgIpc) is 3.18. The molecule has 0 bridgehead atoms. The van der Waals surface area contributed by atoms with Gasteiger partial charge < -0.3 is 10.2 Å². The van der Waals surface area contributed by atoms with Gasteiger partial charge in [-0.15, -0.1) is 0 Å². The van der Waals surface area contributed by atoms with Gasteiger partial charge in [0, 0.05) is 18.7 Å². The van der Waals surface area contributed by atoms with Crippen LogP contribution >= 0.6 is 0 Å². The number of piperazine rings is 1. The molecule has 146 valence electrons. The van der Waals surface area contributed by atoms with Crippen LogP contribution in [0.3, 0.4) is 0 Å². The van der Waals surface area contributed by atoms with Crippen molar-refractivity contribution in [3.05, 3.63) is 71.3 Å². The number of halogens is 2. The first kappa shape index (κ1) is 18.5. The Kier molecular flexibility index (Phi) is 5.06. The summed E-state index contributed by atoms with van der Waals surface area (Å²) in [6.07, 6.45) is 0.355. The van der Waals surface area contributed by atoms with Crippen molar-refractivity contribution in [3.63, 3.8) is 0 Å². The van der Waals surface area contributed by atoms with Gasteiger partial charge in [0.2, 0.25) is 11.8 Å². The van der Waals surface area contributed by atoms with E-state index < -0.39 is 17.9 Å². The Balaban J connectivity index is 1.53. The lowest BCUT2D eigenvalue weighted by Gasteiger charge is -2.36. The van der Waals surface area contributed by atoms with E-state index in [2.05, 4.69) is 16.2 Å². The zero-order valence-corrected chi connectivity index (χ0v) is 15.0. The Labute approximate surface area is 160 Å². The van der Waals surface area contributed by atoms with Crippen molar-refractivity contribution in [2.24, 2.45) is 0 Å². The maximum absolute atomic E-state index is 14.0. The summed E-state index contributed by atoms with van der Waals surface area (Å²) in [5.74, 6) is -1.30. The molecule has 0 saturated carbocycles. The van der Waals surface area contributed by atoms with Gasteiger partial charge in [-0.05, 0) is 30.2 Å². The van der Waals surface area contributed by atoms with Crippen molar-refractivity contribution in [1.29, 1.82) is 0 Å². The highest BCUT2D eigenvalue weighted by atomic mass is 19.1.